The Bertz CT molecular complexity index is 321. The van der Waals surface area contributed by atoms with Crippen LogP contribution in [0.25, 0.3) is 0 Å². The minimum Gasteiger partial charge on any atom is -0.466 e. The van der Waals surface area contributed by atoms with E-state index in [9.17, 15) is 18.8 Å². The normalized spacial score (nSPS) is 30.5. The number of hydrogen-bond donors (Lipinski definition) is 2. The largest absolute Gasteiger partial charge is 0.466 e. The summed E-state index contributed by atoms with van der Waals surface area (Å²) in [5.41, 5.74) is -3.07. The van der Waals surface area contributed by atoms with Gasteiger partial charge in [0.25, 0.3) is 5.91 Å². The Kier molecular flexibility index (Phi) is 2.89. The Morgan fingerprint density at radius 3 is 2.53 bits per heavy atom. The molecule has 1 fully saturated rings. The van der Waals surface area contributed by atoms with Gasteiger partial charge in [0.2, 0.25) is 0 Å². The SMILES string of the molecule is COC(=O)[C@@]1(F)C(=O)NC(=O)N[C@H]1OC. The number of imide groups is 1. The van der Waals surface area contributed by atoms with Crippen LogP contribution < -0.4 is 10.6 Å². The molecule has 0 aromatic rings. The number of hydrogen-bond acceptors (Lipinski definition) is 5. The van der Waals surface area contributed by atoms with Gasteiger partial charge in [-0.1, -0.05) is 0 Å². The highest BCUT2D eigenvalue weighted by Gasteiger charge is 2.59. The summed E-state index contributed by atoms with van der Waals surface area (Å²) < 4.78 is 22.6. The smallest absolute Gasteiger partial charge is 0.358 e. The Hall–Kier alpha value is -1.70. The minimum absolute atomic E-state index is 0.917. The fourth-order valence-electron chi connectivity index (χ4n) is 1.14. The number of urea groups is 1. The van der Waals surface area contributed by atoms with Gasteiger partial charge in [0.05, 0.1) is 7.11 Å². The van der Waals surface area contributed by atoms with Crippen LogP contribution in [0.5, 0.6) is 0 Å². The van der Waals surface area contributed by atoms with Crippen LogP contribution in [0.1, 0.15) is 0 Å². The molecule has 1 heterocycles. The molecule has 0 unspecified atom stereocenters. The molecule has 8 heteroatoms. The van der Waals surface area contributed by atoms with E-state index in [4.69, 9.17) is 0 Å². The van der Waals surface area contributed by atoms with E-state index >= 15 is 0 Å². The molecule has 84 valence electrons. The Balaban J connectivity index is 3.06. The zero-order chi connectivity index (χ0) is 11.6. The van der Waals surface area contributed by atoms with Gasteiger partial charge in [-0.25, -0.2) is 14.0 Å². The van der Waals surface area contributed by atoms with Crippen molar-refractivity contribution in [2.75, 3.05) is 14.2 Å². The summed E-state index contributed by atoms with van der Waals surface area (Å²) >= 11 is 0. The number of carbonyl (C=O) groups excluding carboxylic acids is 3. The van der Waals surface area contributed by atoms with Crippen LogP contribution in [0.4, 0.5) is 9.18 Å². The molecule has 7 nitrogen and oxygen atoms in total. The molecule has 2 N–H and O–H groups in total. The molecule has 0 aliphatic carbocycles. The number of amides is 3. The van der Waals surface area contributed by atoms with Crippen LogP contribution in [0.15, 0.2) is 0 Å². The average molecular weight is 220 g/mol. The lowest BCUT2D eigenvalue weighted by atomic mass is 10.0. The molecule has 15 heavy (non-hydrogen) atoms. The second-order valence-corrected chi connectivity index (χ2v) is 2.75. The van der Waals surface area contributed by atoms with Crippen molar-refractivity contribution in [1.82, 2.24) is 10.6 Å². The number of alkyl halides is 1. The van der Waals surface area contributed by atoms with Gasteiger partial charge in [0.1, 0.15) is 0 Å². The standard InChI is InChI=1S/C7H9FN2O5/c1-14-4-7(8,5(12)15-2)3(11)9-6(13)10-4/h4H,1-2H3,(H2,9,10,11,13)/t4-,7+/m0/s1. The monoisotopic (exact) mass is 220 g/mol. The van der Waals surface area contributed by atoms with Crippen molar-refractivity contribution in [3.05, 3.63) is 0 Å². The maximum atomic E-state index is 14.0. The van der Waals surface area contributed by atoms with Crippen LogP contribution in [-0.2, 0) is 19.1 Å². The van der Waals surface area contributed by atoms with Crippen LogP contribution in [0, 0.1) is 0 Å². The molecular weight excluding hydrogens is 211 g/mol. The summed E-state index contributed by atoms with van der Waals surface area (Å²) in [5.74, 6) is -2.85. The number of methoxy groups -OCH3 is 2. The van der Waals surface area contributed by atoms with E-state index in [1.54, 1.807) is 5.32 Å². The van der Waals surface area contributed by atoms with Gasteiger partial charge in [0.15, 0.2) is 6.23 Å². The molecule has 0 bridgehead atoms. The van der Waals surface area contributed by atoms with E-state index in [1.165, 1.54) is 0 Å². The van der Waals surface area contributed by atoms with Crippen molar-refractivity contribution < 1.29 is 28.2 Å². The van der Waals surface area contributed by atoms with Crippen LogP contribution in [0.2, 0.25) is 0 Å². The second-order valence-electron chi connectivity index (χ2n) is 2.75. The topological polar surface area (TPSA) is 93.7 Å². The summed E-state index contributed by atoms with van der Waals surface area (Å²) in [7, 11) is 1.96. The minimum atomic E-state index is -3.07. The molecule has 1 saturated heterocycles. The first-order valence-electron chi connectivity index (χ1n) is 3.89. The van der Waals surface area contributed by atoms with Gasteiger partial charge in [-0.2, -0.15) is 0 Å². The third-order valence-corrected chi connectivity index (χ3v) is 1.90. The van der Waals surface area contributed by atoms with Gasteiger partial charge in [-0.15, -0.1) is 0 Å². The summed E-state index contributed by atoms with van der Waals surface area (Å²) in [6.07, 6.45) is -1.70. The fraction of sp³-hybridized carbons (Fsp3) is 0.571. The summed E-state index contributed by atoms with van der Waals surface area (Å²) in [4.78, 5) is 33.1. The zero-order valence-corrected chi connectivity index (χ0v) is 8.00. The lowest BCUT2D eigenvalue weighted by Gasteiger charge is -2.32. The van der Waals surface area contributed by atoms with E-state index in [1.807, 2.05) is 5.32 Å². The predicted octanol–water partition coefficient (Wildman–Crippen LogP) is -1.32. The van der Waals surface area contributed by atoms with Crippen molar-refractivity contribution in [2.24, 2.45) is 0 Å². The molecule has 1 rings (SSSR count). The molecular formula is C7H9FN2O5. The first kappa shape index (κ1) is 11.4. The highest BCUT2D eigenvalue weighted by atomic mass is 19.1. The molecule has 0 saturated carbocycles. The zero-order valence-electron chi connectivity index (χ0n) is 8.00. The molecule has 0 radical (unpaired) electrons. The molecule has 0 aromatic carbocycles. The van der Waals surface area contributed by atoms with E-state index in [-0.39, 0.29) is 0 Å². The lowest BCUT2D eigenvalue weighted by Crippen LogP contribution is -2.70. The number of ether oxygens (including phenoxy) is 2. The Morgan fingerprint density at radius 2 is 2.07 bits per heavy atom. The highest BCUT2D eigenvalue weighted by molar-refractivity contribution is 6.13. The second kappa shape index (κ2) is 3.81. The van der Waals surface area contributed by atoms with Crippen molar-refractivity contribution >= 4 is 17.9 Å². The summed E-state index contributed by atoms with van der Waals surface area (Å²) in [6.45, 7) is 0. The van der Waals surface area contributed by atoms with E-state index in [0.29, 0.717) is 0 Å². The van der Waals surface area contributed by atoms with Crippen molar-refractivity contribution in [3.8, 4) is 0 Å². The van der Waals surface area contributed by atoms with Gasteiger partial charge in [-0.3, -0.25) is 10.1 Å². The maximum absolute atomic E-state index is 14.0. The van der Waals surface area contributed by atoms with E-state index < -0.39 is 29.8 Å². The Labute approximate surface area is 83.9 Å². The molecule has 2 atom stereocenters. The molecule has 0 aromatic heterocycles. The maximum Gasteiger partial charge on any atom is 0.358 e. The average Bonchev–Trinajstić information content (AvgIpc) is 2.21. The van der Waals surface area contributed by atoms with Crippen molar-refractivity contribution in [1.29, 1.82) is 0 Å². The number of carbonyl (C=O) groups is 3. The van der Waals surface area contributed by atoms with Gasteiger partial charge in [0, 0.05) is 7.11 Å². The molecule has 3 amide bonds. The number of nitrogens with one attached hydrogen (secondary N) is 2. The molecule has 1 aliphatic rings. The van der Waals surface area contributed by atoms with E-state index in [0.717, 1.165) is 14.2 Å². The van der Waals surface area contributed by atoms with Crippen molar-refractivity contribution in [3.63, 3.8) is 0 Å². The fourth-order valence-corrected chi connectivity index (χ4v) is 1.14. The number of halogens is 1. The highest BCUT2D eigenvalue weighted by Crippen LogP contribution is 2.22. The van der Waals surface area contributed by atoms with Crippen LogP contribution in [-0.4, -0.2) is 44.0 Å². The number of rotatable bonds is 2. The quantitative estimate of drug-likeness (QED) is 0.444. The summed E-state index contributed by atoms with van der Waals surface area (Å²) in [6, 6.07) is -0.941. The Morgan fingerprint density at radius 1 is 1.47 bits per heavy atom. The third kappa shape index (κ3) is 1.63. The third-order valence-electron chi connectivity index (χ3n) is 1.90. The molecule has 0 spiro atoms. The van der Waals surface area contributed by atoms with Gasteiger partial charge in [-0.05, 0) is 0 Å². The van der Waals surface area contributed by atoms with Gasteiger partial charge < -0.3 is 14.8 Å². The molecule has 1 aliphatic heterocycles. The van der Waals surface area contributed by atoms with Crippen molar-refractivity contribution in [2.45, 2.75) is 11.9 Å². The number of esters is 1. The first-order chi connectivity index (χ1) is 6.96. The lowest BCUT2D eigenvalue weighted by molar-refractivity contribution is -0.174. The first-order valence-corrected chi connectivity index (χ1v) is 3.89. The van der Waals surface area contributed by atoms with E-state index in [2.05, 4.69) is 9.47 Å². The van der Waals surface area contributed by atoms with Crippen LogP contribution in [0.3, 0.4) is 0 Å². The summed E-state index contributed by atoms with van der Waals surface area (Å²) in [5, 5.41) is 3.54. The van der Waals surface area contributed by atoms with Gasteiger partial charge >= 0.3 is 17.7 Å². The van der Waals surface area contributed by atoms with Crippen LogP contribution >= 0.6 is 0 Å². The predicted molar refractivity (Wildman–Crippen MR) is 43.3 cm³/mol.